The van der Waals surface area contributed by atoms with Gasteiger partial charge in [0, 0.05) is 23.4 Å². The quantitative estimate of drug-likeness (QED) is 0.614. The third-order valence-electron chi connectivity index (χ3n) is 3.52. The Kier molecular flexibility index (Phi) is 3.60. The van der Waals surface area contributed by atoms with Gasteiger partial charge in [0.25, 0.3) is 5.69 Å². The van der Waals surface area contributed by atoms with Gasteiger partial charge in [0.15, 0.2) is 0 Å². The van der Waals surface area contributed by atoms with E-state index in [4.69, 9.17) is 0 Å². The molecular weight excluding hydrogens is 272 g/mol. The van der Waals surface area contributed by atoms with Crippen molar-refractivity contribution in [3.63, 3.8) is 0 Å². The van der Waals surface area contributed by atoms with E-state index in [1.807, 2.05) is 23.6 Å². The van der Waals surface area contributed by atoms with E-state index in [0.717, 1.165) is 11.3 Å². The number of nitro benzene ring substituents is 1. The smallest absolute Gasteiger partial charge is 0.258 e. The molecule has 1 aromatic heterocycles. The molecule has 1 aromatic carbocycles. The Morgan fingerprint density at radius 1 is 1.35 bits per heavy atom. The summed E-state index contributed by atoms with van der Waals surface area (Å²) in [7, 11) is 0. The largest absolute Gasteiger partial charge is 0.270 e. The normalized spacial score (nSPS) is 15.4. The molecule has 0 amide bonds. The molecule has 0 saturated heterocycles. The van der Waals surface area contributed by atoms with E-state index in [1.54, 1.807) is 23.5 Å². The highest BCUT2D eigenvalue weighted by Crippen LogP contribution is 2.37. The van der Waals surface area contributed by atoms with Crippen molar-refractivity contribution in [2.75, 3.05) is 0 Å². The highest BCUT2D eigenvalue weighted by Gasteiger charge is 2.22. The second-order valence-electron chi connectivity index (χ2n) is 4.92. The number of aromatic nitrogens is 1. The zero-order chi connectivity index (χ0) is 13.9. The molecule has 1 aliphatic carbocycles. The molecule has 0 unspecified atom stereocenters. The van der Waals surface area contributed by atoms with Gasteiger partial charge in [-0.25, -0.2) is 4.98 Å². The van der Waals surface area contributed by atoms with Gasteiger partial charge in [-0.2, -0.15) is 0 Å². The maximum Gasteiger partial charge on any atom is 0.270 e. The fourth-order valence-electron chi connectivity index (χ4n) is 2.14. The summed E-state index contributed by atoms with van der Waals surface area (Å²) >= 11 is 1.71. The van der Waals surface area contributed by atoms with Gasteiger partial charge in [-0.3, -0.25) is 10.1 Å². The molecule has 102 valence electrons. The molecule has 5 heteroatoms. The third kappa shape index (κ3) is 2.77. The minimum absolute atomic E-state index is 0.112. The molecule has 0 radical (unpaired) electrons. The average molecular weight is 286 g/mol. The summed E-state index contributed by atoms with van der Waals surface area (Å²) in [5.41, 5.74) is 1.86. The molecule has 0 N–H and O–H groups in total. The van der Waals surface area contributed by atoms with Crippen molar-refractivity contribution in [3.05, 3.63) is 56.0 Å². The number of rotatable bonds is 4. The second kappa shape index (κ2) is 5.54. The fourth-order valence-corrected chi connectivity index (χ4v) is 3.10. The van der Waals surface area contributed by atoms with E-state index in [9.17, 15) is 10.1 Å². The van der Waals surface area contributed by atoms with E-state index in [2.05, 4.69) is 4.98 Å². The number of hydrogen-bond acceptors (Lipinski definition) is 4. The van der Waals surface area contributed by atoms with Crippen LogP contribution in [0.5, 0.6) is 0 Å². The van der Waals surface area contributed by atoms with Crippen molar-refractivity contribution in [3.8, 4) is 0 Å². The summed E-state index contributed by atoms with van der Waals surface area (Å²) in [5, 5.41) is 14.0. The first-order valence-corrected chi connectivity index (χ1v) is 7.48. The lowest BCUT2D eigenvalue weighted by Gasteiger charge is -2.22. The maximum absolute atomic E-state index is 10.7. The summed E-state index contributed by atoms with van der Waals surface area (Å²) in [6.45, 7) is 0. The lowest BCUT2D eigenvalue weighted by molar-refractivity contribution is -0.384. The van der Waals surface area contributed by atoms with E-state index in [0.29, 0.717) is 5.92 Å². The van der Waals surface area contributed by atoms with Crippen LogP contribution in [0.3, 0.4) is 0 Å². The Bertz CT molecular complexity index is 659. The highest BCUT2D eigenvalue weighted by molar-refractivity contribution is 7.09. The molecule has 0 bridgehead atoms. The van der Waals surface area contributed by atoms with Crippen LogP contribution in [0.2, 0.25) is 0 Å². The summed E-state index contributed by atoms with van der Waals surface area (Å²) in [6.07, 6.45) is 7.59. The Balaban J connectivity index is 1.74. The number of nitrogens with zero attached hydrogens (tertiary/aromatic N) is 2. The van der Waals surface area contributed by atoms with Crippen molar-refractivity contribution in [1.29, 1.82) is 0 Å². The van der Waals surface area contributed by atoms with Gasteiger partial charge < -0.3 is 0 Å². The molecule has 3 rings (SSSR count). The first-order valence-electron chi connectivity index (χ1n) is 6.60. The molecule has 0 aliphatic heterocycles. The van der Waals surface area contributed by atoms with Crippen molar-refractivity contribution >= 4 is 29.2 Å². The van der Waals surface area contributed by atoms with Crippen LogP contribution in [-0.4, -0.2) is 9.91 Å². The summed E-state index contributed by atoms with van der Waals surface area (Å²) in [4.78, 5) is 14.9. The average Bonchev–Trinajstić information content (AvgIpc) is 2.83. The Morgan fingerprint density at radius 3 is 2.90 bits per heavy atom. The Hall–Kier alpha value is -2.01. The Labute approximate surface area is 120 Å². The van der Waals surface area contributed by atoms with Crippen LogP contribution in [0.15, 0.2) is 29.6 Å². The van der Waals surface area contributed by atoms with Crippen molar-refractivity contribution < 1.29 is 4.92 Å². The van der Waals surface area contributed by atoms with Crippen molar-refractivity contribution in [2.45, 2.75) is 25.2 Å². The van der Waals surface area contributed by atoms with Crippen LogP contribution in [0.1, 0.15) is 41.4 Å². The minimum Gasteiger partial charge on any atom is -0.258 e. The number of non-ortho nitro benzene ring substituents is 1. The predicted molar refractivity (Wildman–Crippen MR) is 80.7 cm³/mol. The SMILES string of the molecule is O=[N+]([O-])c1cccc(C=Cc2csc(C3CCC3)n2)c1. The van der Waals surface area contributed by atoms with Crippen LogP contribution < -0.4 is 0 Å². The van der Waals surface area contributed by atoms with Crippen LogP contribution in [-0.2, 0) is 0 Å². The first-order chi connectivity index (χ1) is 9.72. The summed E-state index contributed by atoms with van der Waals surface area (Å²) in [5.74, 6) is 0.653. The standard InChI is InChI=1S/C15H14N2O2S/c18-17(19)14-6-1-3-11(9-14)7-8-13-10-20-15(16-13)12-4-2-5-12/h1,3,6-10,12H,2,4-5H2. The highest BCUT2D eigenvalue weighted by atomic mass is 32.1. The molecule has 20 heavy (non-hydrogen) atoms. The molecule has 1 heterocycles. The number of hydrogen-bond donors (Lipinski definition) is 0. The van der Waals surface area contributed by atoms with Gasteiger partial charge >= 0.3 is 0 Å². The van der Waals surface area contributed by atoms with E-state index < -0.39 is 0 Å². The van der Waals surface area contributed by atoms with Crippen molar-refractivity contribution in [2.24, 2.45) is 0 Å². The summed E-state index contributed by atoms with van der Waals surface area (Å²) < 4.78 is 0. The molecule has 0 spiro atoms. The van der Waals surface area contributed by atoms with Crippen LogP contribution in [0, 0.1) is 10.1 Å². The molecule has 1 fully saturated rings. The topological polar surface area (TPSA) is 56.0 Å². The maximum atomic E-state index is 10.7. The molecule has 0 atom stereocenters. The molecular formula is C15H14N2O2S. The van der Waals surface area contributed by atoms with Gasteiger partial charge in [0.1, 0.15) is 0 Å². The van der Waals surface area contributed by atoms with Crippen LogP contribution >= 0.6 is 11.3 Å². The predicted octanol–water partition coefficient (Wildman–Crippen LogP) is 4.49. The Morgan fingerprint density at radius 2 is 2.20 bits per heavy atom. The van der Waals surface area contributed by atoms with Gasteiger partial charge in [-0.15, -0.1) is 11.3 Å². The molecule has 1 aliphatic rings. The minimum atomic E-state index is -0.380. The van der Waals surface area contributed by atoms with Crippen LogP contribution in [0.25, 0.3) is 12.2 Å². The molecule has 2 aromatic rings. The van der Waals surface area contributed by atoms with Gasteiger partial charge in [0.05, 0.1) is 15.6 Å². The van der Waals surface area contributed by atoms with Crippen molar-refractivity contribution in [1.82, 2.24) is 4.98 Å². The molecule has 4 nitrogen and oxygen atoms in total. The third-order valence-corrected chi connectivity index (χ3v) is 4.55. The lowest BCUT2D eigenvalue weighted by atomic mass is 9.86. The van der Waals surface area contributed by atoms with Crippen LogP contribution in [0.4, 0.5) is 5.69 Å². The zero-order valence-electron chi connectivity index (χ0n) is 10.9. The van der Waals surface area contributed by atoms with E-state index in [1.165, 1.54) is 30.3 Å². The van der Waals surface area contributed by atoms with Gasteiger partial charge in [0.2, 0.25) is 0 Å². The van der Waals surface area contributed by atoms with E-state index in [-0.39, 0.29) is 10.6 Å². The molecule has 1 saturated carbocycles. The second-order valence-corrected chi connectivity index (χ2v) is 5.81. The van der Waals surface area contributed by atoms with Gasteiger partial charge in [-0.05, 0) is 24.5 Å². The first kappa shape index (κ1) is 13.0. The van der Waals surface area contributed by atoms with E-state index >= 15 is 0 Å². The zero-order valence-corrected chi connectivity index (χ0v) is 11.7. The fraction of sp³-hybridized carbons (Fsp3) is 0.267. The number of nitro groups is 1. The number of thiazole rings is 1. The van der Waals surface area contributed by atoms with Gasteiger partial charge in [-0.1, -0.05) is 24.6 Å². The number of benzene rings is 1. The lowest BCUT2D eigenvalue weighted by Crippen LogP contribution is -2.07. The summed E-state index contributed by atoms with van der Waals surface area (Å²) in [6, 6.07) is 6.60. The monoisotopic (exact) mass is 286 g/mol.